The summed E-state index contributed by atoms with van der Waals surface area (Å²) in [4.78, 5) is 5.90. The summed E-state index contributed by atoms with van der Waals surface area (Å²) >= 11 is 1.73. The summed E-state index contributed by atoms with van der Waals surface area (Å²) < 4.78 is 23.1. The van der Waals surface area contributed by atoms with Crippen LogP contribution in [0.2, 0.25) is 0 Å². The van der Waals surface area contributed by atoms with E-state index in [0.717, 1.165) is 18.9 Å². The third-order valence-electron chi connectivity index (χ3n) is 4.08. The Morgan fingerprint density at radius 3 is 2.79 bits per heavy atom. The van der Waals surface area contributed by atoms with Crippen LogP contribution in [0, 0.1) is 12.8 Å². The molecule has 0 radical (unpaired) electrons. The van der Waals surface area contributed by atoms with Crippen molar-refractivity contribution < 1.29 is 8.42 Å². The summed E-state index contributed by atoms with van der Waals surface area (Å²) in [6, 6.07) is 6.41. The fourth-order valence-electron chi connectivity index (χ4n) is 2.76. The zero-order chi connectivity index (χ0) is 17.6. The minimum absolute atomic E-state index is 0.181. The Morgan fingerprint density at radius 1 is 1.38 bits per heavy atom. The number of benzene rings is 1. The van der Waals surface area contributed by atoms with Gasteiger partial charge in [-0.2, -0.15) is 0 Å². The van der Waals surface area contributed by atoms with Gasteiger partial charge >= 0.3 is 0 Å². The molecule has 0 saturated carbocycles. The first-order valence-electron chi connectivity index (χ1n) is 8.29. The van der Waals surface area contributed by atoms with E-state index in [2.05, 4.69) is 47.0 Å². The highest BCUT2D eigenvalue weighted by molar-refractivity contribution is 7.98. The van der Waals surface area contributed by atoms with Crippen LogP contribution in [0.5, 0.6) is 0 Å². The van der Waals surface area contributed by atoms with Crippen LogP contribution >= 0.6 is 11.8 Å². The second-order valence-corrected chi connectivity index (χ2v) is 9.24. The molecule has 1 saturated heterocycles. The van der Waals surface area contributed by atoms with Crippen LogP contribution in [0.25, 0.3) is 0 Å². The molecule has 24 heavy (non-hydrogen) atoms. The van der Waals surface area contributed by atoms with E-state index in [1.54, 1.807) is 11.8 Å². The number of guanidine groups is 1. The molecule has 5 nitrogen and oxygen atoms in total. The first-order chi connectivity index (χ1) is 11.4. The van der Waals surface area contributed by atoms with Gasteiger partial charge in [0.1, 0.15) is 0 Å². The van der Waals surface area contributed by atoms with Gasteiger partial charge in [-0.15, -0.1) is 11.8 Å². The molecule has 134 valence electrons. The molecule has 0 bridgehead atoms. The summed E-state index contributed by atoms with van der Waals surface area (Å²) in [6.07, 6.45) is 2.81. The number of aryl methyl sites for hydroxylation is 1. The lowest BCUT2D eigenvalue weighted by molar-refractivity contribution is 0.567. The fraction of sp³-hybridized carbons (Fsp3) is 0.588. The van der Waals surface area contributed by atoms with Crippen LogP contribution in [0.3, 0.4) is 0 Å². The van der Waals surface area contributed by atoms with Crippen LogP contribution < -0.4 is 10.6 Å². The van der Waals surface area contributed by atoms with Crippen molar-refractivity contribution in [2.24, 2.45) is 10.9 Å². The van der Waals surface area contributed by atoms with E-state index in [1.807, 2.05) is 6.92 Å². The van der Waals surface area contributed by atoms with Gasteiger partial charge in [-0.05, 0) is 49.6 Å². The van der Waals surface area contributed by atoms with E-state index in [-0.39, 0.29) is 11.7 Å². The number of sulfone groups is 1. The molecule has 0 spiro atoms. The smallest absolute Gasteiger partial charge is 0.191 e. The first kappa shape index (κ1) is 19.1. The standard InChI is InChI=1S/C17H27N3O2S2/c1-4-18-17(19-10-14-7-8-24(21,22)12-14)20-11-15-6-5-13(2)9-16(15)23-3/h5-6,9,14H,4,7-8,10-12H2,1-3H3,(H2,18,19,20). The van der Waals surface area contributed by atoms with Gasteiger partial charge < -0.3 is 10.6 Å². The van der Waals surface area contributed by atoms with Gasteiger partial charge in [-0.25, -0.2) is 13.4 Å². The molecule has 0 aromatic heterocycles. The van der Waals surface area contributed by atoms with Crippen molar-refractivity contribution in [2.75, 3.05) is 30.9 Å². The van der Waals surface area contributed by atoms with Gasteiger partial charge in [0.25, 0.3) is 0 Å². The number of aliphatic imine (C=N–C) groups is 1. The predicted molar refractivity (Wildman–Crippen MR) is 103 cm³/mol. The minimum atomic E-state index is -2.83. The molecule has 1 atom stereocenters. The molecule has 0 aliphatic carbocycles. The molecule has 1 unspecified atom stereocenters. The van der Waals surface area contributed by atoms with E-state index in [4.69, 9.17) is 0 Å². The number of nitrogens with one attached hydrogen (secondary N) is 2. The van der Waals surface area contributed by atoms with Crippen molar-refractivity contribution in [3.63, 3.8) is 0 Å². The molecule has 1 aromatic rings. The van der Waals surface area contributed by atoms with Crippen LogP contribution in [0.1, 0.15) is 24.5 Å². The molecular formula is C17H27N3O2S2. The molecule has 1 aliphatic rings. The highest BCUT2D eigenvalue weighted by atomic mass is 32.2. The van der Waals surface area contributed by atoms with Gasteiger partial charge in [0.2, 0.25) is 0 Å². The number of hydrogen-bond acceptors (Lipinski definition) is 4. The van der Waals surface area contributed by atoms with E-state index >= 15 is 0 Å². The SMILES string of the molecule is CCNC(=NCc1ccc(C)cc1SC)NCC1CCS(=O)(=O)C1. The van der Waals surface area contributed by atoms with Crippen LogP contribution in [0.4, 0.5) is 0 Å². The van der Waals surface area contributed by atoms with Gasteiger partial charge in [0.15, 0.2) is 15.8 Å². The second kappa shape index (κ2) is 8.76. The number of rotatable bonds is 6. The summed E-state index contributed by atoms with van der Waals surface area (Å²) in [5.74, 6) is 1.52. The maximum atomic E-state index is 11.5. The third-order valence-corrected chi connectivity index (χ3v) is 6.74. The Hall–Kier alpha value is -1.21. The Morgan fingerprint density at radius 2 is 2.17 bits per heavy atom. The van der Waals surface area contributed by atoms with Gasteiger partial charge in [-0.3, -0.25) is 0 Å². The molecule has 1 fully saturated rings. The summed E-state index contributed by atoms with van der Waals surface area (Å²) in [6.45, 7) is 6.14. The maximum Gasteiger partial charge on any atom is 0.191 e. The van der Waals surface area contributed by atoms with Crippen LogP contribution in [-0.4, -0.2) is 45.2 Å². The molecule has 2 rings (SSSR count). The average molecular weight is 370 g/mol. The maximum absolute atomic E-state index is 11.5. The van der Waals surface area contributed by atoms with E-state index in [1.165, 1.54) is 16.0 Å². The third kappa shape index (κ3) is 5.70. The average Bonchev–Trinajstić information content (AvgIpc) is 2.90. The fourth-order valence-corrected chi connectivity index (χ4v) is 5.32. The minimum Gasteiger partial charge on any atom is -0.357 e. The zero-order valence-electron chi connectivity index (χ0n) is 14.6. The normalized spacial score (nSPS) is 20.1. The zero-order valence-corrected chi connectivity index (χ0v) is 16.3. The lowest BCUT2D eigenvalue weighted by atomic mass is 10.1. The summed E-state index contributed by atoms with van der Waals surface area (Å²) in [5, 5.41) is 6.52. The van der Waals surface area contributed by atoms with Crippen molar-refractivity contribution >= 4 is 27.6 Å². The van der Waals surface area contributed by atoms with Gasteiger partial charge in [-0.1, -0.05) is 12.1 Å². The molecule has 1 aromatic carbocycles. The largest absolute Gasteiger partial charge is 0.357 e. The van der Waals surface area contributed by atoms with Gasteiger partial charge in [0.05, 0.1) is 18.1 Å². The summed E-state index contributed by atoms with van der Waals surface area (Å²) in [7, 11) is -2.83. The Bertz CT molecular complexity index is 687. The molecule has 7 heteroatoms. The second-order valence-electron chi connectivity index (χ2n) is 6.16. The summed E-state index contributed by atoms with van der Waals surface area (Å²) in [5.41, 5.74) is 2.45. The molecule has 0 amide bonds. The van der Waals surface area contributed by atoms with Crippen molar-refractivity contribution in [1.29, 1.82) is 0 Å². The molecular weight excluding hydrogens is 342 g/mol. The lowest BCUT2D eigenvalue weighted by Crippen LogP contribution is -2.40. The van der Waals surface area contributed by atoms with E-state index in [9.17, 15) is 8.42 Å². The Labute approximate surface area is 149 Å². The molecule has 1 heterocycles. The van der Waals surface area contributed by atoms with E-state index in [0.29, 0.717) is 18.8 Å². The lowest BCUT2D eigenvalue weighted by Gasteiger charge is -2.14. The number of nitrogens with zero attached hydrogens (tertiary/aromatic N) is 1. The molecule has 2 N–H and O–H groups in total. The van der Waals surface area contributed by atoms with Crippen molar-refractivity contribution in [3.05, 3.63) is 29.3 Å². The first-order valence-corrected chi connectivity index (χ1v) is 11.3. The van der Waals surface area contributed by atoms with Gasteiger partial charge in [0, 0.05) is 18.0 Å². The van der Waals surface area contributed by atoms with Crippen LogP contribution in [-0.2, 0) is 16.4 Å². The predicted octanol–water partition coefficient (Wildman–Crippen LogP) is 2.21. The highest BCUT2D eigenvalue weighted by Crippen LogP contribution is 2.22. The van der Waals surface area contributed by atoms with Crippen molar-refractivity contribution in [3.8, 4) is 0 Å². The monoisotopic (exact) mass is 369 g/mol. The van der Waals surface area contributed by atoms with Crippen LogP contribution in [0.15, 0.2) is 28.1 Å². The quantitative estimate of drug-likeness (QED) is 0.457. The topological polar surface area (TPSA) is 70.6 Å². The highest BCUT2D eigenvalue weighted by Gasteiger charge is 2.27. The molecule has 1 aliphatic heterocycles. The number of hydrogen-bond donors (Lipinski definition) is 2. The Kier molecular flexibility index (Phi) is 6.98. The number of thioether (sulfide) groups is 1. The van der Waals surface area contributed by atoms with Crippen molar-refractivity contribution in [1.82, 2.24) is 10.6 Å². The van der Waals surface area contributed by atoms with Crippen molar-refractivity contribution in [2.45, 2.75) is 31.7 Å². The Balaban J connectivity index is 1.98. The van der Waals surface area contributed by atoms with E-state index < -0.39 is 9.84 Å².